The molecule has 2 nitrogen and oxygen atoms in total. The Kier molecular flexibility index (Phi) is 2.47. The molecule has 2 aliphatic carbocycles. The lowest BCUT2D eigenvalue weighted by Gasteiger charge is -2.32. The molecule has 1 heterocycles. The number of aryl methyl sites for hydroxylation is 1. The highest BCUT2D eigenvalue weighted by molar-refractivity contribution is 5.22. The standard InChI is InChI=1S/C14H19NO/c16-14-7-1-5-12(14)10-11-4-3-9-15-13(11)6-2-8-14/h3-4,9,12,16H,1-2,5-8,10H2/t12-,14+/m0/s1. The molecule has 16 heavy (non-hydrogen) atoms. The van der Waals surface area contributed by atoms with Crippen LogP contribution < -0.4 is 0 Å². The molecule has 0 aliphatic heterocycles. The van der Waals surface area contributed by atoms with Gasteiger partial charge in [0.2, 0.25) is 0 Å². The van der Waals surface area contributed by atoms with Crippen molar-refractivity contribution in [2.45, 2.75) is 50.5 Å². The van der Waals surface area contributed by atoms with Crippen molar-refractivity contribution in [1.29, 1.82) is 0 Å². The molecule has 3 rings (SSSR count). The van der Waals surface area contributed by atoms with Crippen molar-refractivity contribution in [2.75, 3.05) is 0 Å². The Morgan fingerprint density at radius 2 is 2.19 bits per heavy atom. The van der Waals surface area contributed by atoms with Gasteiger partial charge in [0.05, 0.1) is 5.60 Å². The molecule has 0 aromatic carbocycles. The summed E-state index contributed by atoms with van der Waals surface area (Å²) in [7, 11) is 0. The van der Waals surface area contributed by atoms with E-state index < -0.39 is 0 Å². The normalized spacial score (nSPS) is 33.7. The van der Waals surface area contributed by atoms with E-state index in [9.17, 15) is 5.11 Å². The molecule has 2 heteroatoms. The first-order valence-electron chi connectivity index (χ1n) is 6.43. The lowest BCUT2D eigenvalue weighted by Crippen LogP contribution is -2.35. The number of aromatic nitrogens is 1. The smallest absolute Gasteiger partial charge is 0.0679 e. The van der Waals surface area contributed by atoms with Crippen molar-refractivity contribution < 1.29 is 5.11 Å². The van der Waals surface area contributed by atoms with E-state index in [0.717, 1.165) is 32.1 Å². The minimum atomic E-state index is -0.368. The molecule has 86 valence electrons. The van der Waals surface area contributed by atoms with Crippen LogP contribution in [0, 0.1) is 5.92 Å². The van der Waals surface area contributed by atoms with Crippen molar-refractivity contribution in [1.82, 2.24) is 4.98 Å². The summed E-state index contributed by atoms with van der Waals surface area (Å²) in [4.78, 5) is 4.48. The third-order valence-corrected chi connectivity index (χ3v) is 4.40. The summed E-state index contributed by atoms with van der Waals surface area (Å²) in [5, 5.41) is 10.6. The number of pyridine rings is 1. The molecule has 1 aromatic rings. The molecule has 1 saturated carbocycles. The van der Waals surface area contributed by atoms with Crippen LogP contribution in [0.5, 0.6) is 0 Å². The van der Waals surface area contributed by atoms with Crippen LogP contribution >= 0.6 is 0 Å². The van der Waals surface area contributed by atoms with Crippen LogP contribution in [0.25, 0.3) is 0 Å². The zero-order chi connectivity index (χ0) is 11.0. The number of aliphatic hydroxyl groups is 1. The lowest BCUT2D eigenvalue weighted by atomic mass is 9.79. The lowest BCUT2D eigenvalue weighted by molar-refractivity contribution is -0.00871. The molecule has 1 fully saturated rings. The minimum absolute atomic E-state index is 0.368. The highest BCUT2D eigenvalue weighted by Gasteiger charge is 2.41. The Morgan fingerprint density at radius 1 is 1.31 bits per heavy atom. The Bertz CT molecular complexity index is 390. The van der Waals surface area contributed by atoms with E-state index >= 15 is 0 Å². The molecule has 2 atom stereocenters. The predicted molar refractivity (Wildman–Crippen MR) is 63.2 cm³/mol. The maximum Gasteiger partial charge on any atom is 0.0679 e. The van der Waals surface area contributed by atoms with E-state index in [1.807, 2.05) is 12.3 Å². The van der Waals surface area contributed by atoms with E-state index in [2.05, 4.69) is 11.1 Å². The van der Waals surface area contributed by atoms with Crippen LogP contribution in [0.2, 0.25) is 0 Å². The molecule has 1 aromatic heterocycles. The van der Waals surface area contributed by atoms with Gasteiger partial charge in [-0.1, -0.05) is 12.5 Å². The van der Waals surface area contributed by atoms with E-state index in [1.54, 1.807) is 0 Å². The summed E-state index contributed by atoms with van der Waals surface area (Å²) in [6.07, 6.45) is 9.38. The van der Waals surface area contributed by atoms with E-state index in [0.29, 0.717) is 5.92 Å². The molecule has 0 amide bonds. The summed E-state index contributed by atoms with van der Waals surface area (Å²) >= 11 is 0. The van der Waals surface area contributed by atoms with Gasteiger partial charge >= 0.3 is 0 Å². The van der Waals surface area contributed by atoms with Gasteiger partial charge in [-0.15, -0.1) is 0 Å². The van der Waals surface area contributed by atoms with Crippen molar-refractivity contribution in [3.8, 4) is 0 Å². The average Bonchev–Trinajstić information content (AvgIpc) is 2.61. The zero-order valence-electron chi connectivity index (χ0n) is 9.65. The van der Waals surface area contributed by atoms with Crippen LogP contribution in [0.15, 0.2) is 18.3 Å². The minimum Gasteiger partial charge on any atom is -0.390 e. The highest BCUT2D eigenvalue weighted by atomic mass is 16.3. The number of rotatable bonds is 0. The molecular weight excluding hydrogens is 198 g/mol. The summed E-state index contributed by atoms with van der Waals surface area (Å²) in [5.74, 6) is 0.468. The van der Waals surface area contributed by atoms with Gasteiger partial charge in [0, 0.05) is 11.9 Å². The van der Waals surface area contributed by atoms with Crippen molar-refractivity contribution in [3.63, 3.8) is 0 Å². The van der Waals surface area contributed by atoms with Gasteiger partial charge < -0.3 is 5.11 Å². The Hall–Kier alpha value is -0.890. The second-order valence-electron chi connectivity index (χ2n) is 5.36. The molecule has 0 spiro atoms. The third kappa shape index (κ3) is 1.65. The fourth-order valence-electron chi connectivity index (χ4n) is 3.46. The molecule has 2 aliphatic rings. The average molecular weight is 217 g/mol. The van der Waals surface area contributed by atoms with Crippen molar-refractivity contribution >= 4 is 0 Å². The van der Waals surface area contributed by atoms with Crippen molar-refractivity contribution in [3.05, 3.63) is 29.6 Å². The molecular formula is C14H19NO. The second kappa shape index (κ2) is 3.85. The fraction of sp³-hybridized carbons (Fsp3) is 0.643. The Labute approximate surface area is 96.7 Å². The first-order valence-corrected chi connectivity index (χ1v) is 6.43. The number of hydrogen-bond donors (Lipinski definition) is 1. The van der Waals surface area contributed by atoms with Crippen LogP contribution in [0.1, 0.15) is 43.4 Å². The van der Waals surface area contributed by atoms with E-state index in [1.165, 1.54) is 24.1 Å². The van der Waals surface area contributed by atoms with Crippen molar-refractivity contribution in [2.24, 2.45) is 5.92 Å². The summed E-state index contributed by atoms with van der Waals surface area (Å²) < 4.78 is 0. The summed E-state index contributed by atoms with van der Waals surface area (Å²) in [6.45, 7) is 0. The molecule has 0 radical (unpaired) electrons. The van der Waals surface area contributed by atoms with E-state index in [4.69, 9.17) is 0 Å². The zero-order valence-corrected chi connectivity index (χ0v) is 9.65. The quantitative estimate of drug-likeness (QED) is 0.724. The molecule has 0 bridgehead atoms. The number of nitrogens with zero attached hydrogens (tertiary/aromatic N) is 1. The van der Waals surface area contributed by atoms with Gasteiger partial charge in [-0.05, 0) is 56.1 Å². The maximum absolute atomic E-state index is 10.6. The maximum atomic E-state index is 10.6. The molecule has 1 N–H and O–H groups in total. The third-order valence-electron chi connectivity index (χ3n) is 4.40. The predicted octanol–water partition coefficient (Wildman–Crippen LogP) is 2.49. The fourth-order valence-corrected chi connectivity index (χ4v) is 3.46. The van der Waals surface area contributed by atoms with Crippen LogP contribution in [0.3, 0.4) is 0 Å². The summed E-state index contributed by atoms with van der Waals surface area (Å²) in [6, 6.07) is 4.21. The topological polar surface area (TPSA) is 33.1 Å². The number of fused-ring (bicyclic) bond motifs is 2. The monoisotopic (exact) mass is 217 g/mol. The highest BCUT2D eigenvalue weighted by Crippen LogP contribution is 2.42. The van der Waals surface area contributed by atoms with Gasteiger partial charge in [0.15, 0.2) is 0 Å². The van der Waals surface area contributed by atoms with E-state index in [-0.39, 0.29) is 5.60 Å². The van der Waals surface area contributed by atoms with Crippen LogP contribution in [0.4, 0.5) is 0 Å². The van der Waals surface area contributed by atoms with Crippen LogP contribution in [-0.2, 0) is 12.8 Å². The Balaban J connectivity index is 1.93. The van der Waals surface area contributed by atoms with Gasteiger partial charge in [0.1, 0.15) is 0 Å². The van der Waals surface area contributed by atoms with Gasteiger partial charge in [-0.25, -0.2) is 0 Å². The van der Waals surface area contributed by atoms with Crippen LogP contribution in [-0.4, -0.2) is 15.7 Å². The number of hydrogen-bond acceptors (Lipinski definition) is 2. The van der Waals surface area contributed by atoms with Gasteiger partial charge in [-0.2, -0.15) is 0 Å². The largest absolute Gasteiger partial charge is 0.390 e. The SMILES string of the molecule is O[C@]12CCCc3ncccc3C[C@@H]1CCC2. The van der Waals surface area contributed by atoms with Gasteiger partial charge in [0.25, 0.3) is 0 Å². The molecule has 0 unspecified atom stereocenters. The second-order valence-corrected chi connectivity index (χ2v) is 5.36. The molecule has 0 saturated heterocycles. The first-order chi connectivity index (χ1) is 7.78. The first kappa shape index (κ1) is 10.3. The van der Waals surface area contributed by atoms with Gasteiger partial charge in [-0.3, -0.25) is 4.98 Å². The Morgan fingerprint density at radius 3 is 3.12 bits per heavy atom. The summed E-state index contributed by atoms with van der Waals surface area (Å²) in [5.41, 5.74) is 2.26.